The first kappa shape index (κ1) is 24.7. The monoisotopic (exact) mass is 376 g/mol. The van der Waals surface area contributed by atoms with Gasteiger partial charge < -0.3 is 0 Å². The van der Waals surface area contributed by atoms with Crippen molar-refractivity contribution in [2.75, 3.05) is 24.6 Å². The molecule has 0 spiro atoms. The Bertz CT molecular complexity index is 262. The van der Waals surface area contributed by atoms with Gasteiger partial charge in [-0.1, -0.05) is 32.6 Å². The zero-order valence-electron chi connectivity index (χ0n) is 14.2. The Kier molecular flexibility index (Phi) is 10.2. The molecule has 0 N–H and O–H groups in total. The summed E-state index contributed by atoms with van der Waals surface area (Å²) >= 11 is 0. The average Bonchev–Trinajstić information content (AvgIpc) is 2.35. The Hall–Kier alpha value is 0.440. The van der Waals surface area contributed by atoms with E-state index in [1.807, 2.05) is 0 Å². The van der Waals surface area contributed by atoms with Crippen molar-refractivity contribution in [3.05, 3.63) is 0 Å². The summed E-state index contributed by atoms with van der Waals surface area (Å²) in [5, 5.41) is 0. The van der Waals surface area contributed by atoms with Crippen LogP contribution in [0.2, 0.25) is 0 Å². The van der Waals surface area contributed by atoms with Crippen molar-refractivity contribution >= 4 is 15.1 Å². The van der Waals surface area contributed by atoms with Crippen LogP contribution in [0.15, 0.2) is 0 Å². The fourth-order valence-electron chi connectivity index (χ4n) is 2.37. The molecule has 0 aromatic carbocycles. The van der Waals surface area contributed by atoms with Crippen molar-refractivity contribution < 1.29 is 25.2 Å². The predicted molar refractivity (Wildman–Crippen MR) is 90.4 cm³/mol. The molecule has 0 nitrogen and oxygen atoms in total. The van der Waals surface area contributed by atoms with Crippen LogP contribution in [0, 0.1) is 0 Å². The molecule has 0 unspecified atom stereocenters. The number of hydrogen-bond donors (Lipinski definition) is 0. The van der Waals surface area contributed by atoms with Gasteiger partial charge in [-0.3, -0.25) is 0 Å². The maximum atomic E-state index is 9.87. The summed E-state index contributed by atoms with van der Waals surface area (Å²) in [6, 6.07) is 0. The van der Waals surface area contributed by atoms with E-state index >= 15 is 0 Å². The SMILES string of the molecule is CCCCCCCC[P+](CC)(CC)CC.F[P-](F)(F)(F)(F)F. The van der Waals surface area contributed by atoms with Crippen molar-refractivity contribution in [3.63, 3.8) is 0 Å². The standard InChI is InChI=1S/C14H32P.F6P/c1-5-9-10-11-12-13-14-15(6-2,7-3)8-4;1-7(2,3,4,5)6/h5-14H2,1-4H3;/q+1;-1. The third-order valence-corrected chi connectivity index (χ3v) is 9.29. The molecular formula is C14H32F6P2. The molecule has 0 bridgehead atoms. The predicted octanol–water partition coefficient (Wildman–Crippen LogP) is 8.81. The van der Waals surface area contributed by atoms with E-state index in [0.29, 0.717) is 0 Å². The van der Waals surface area contributed by atoms with Gasteiger partial charge in [0.15, 0.2) is 0 Å². The molecule has 0 aromatic rings. The molecule has 0 saturated heterocycles. The van der Waals surface area contributed by atoms with Crippen molar-refractivity contribution in [1.29, 1.82) is 0 Å². The first-order valence-corrected chi connectivity index (χ1v) is 12.7. The van der Waals surface area contributed by atoms with Gasteiger partial charge >= 0.3 is 33.0 Å². The molecule has 22 heavy (non-hydrogen) atoms. The van der Waals surface area contributed by atoms with Crippen LogP contribution in [-0.2, 0) is 0 Å². The van der Waals surface area contributed by atoms with E-state index in [1.54, 1.807) is 6.16 Å². The van der Waals surface area contributed by atoms with Crippen LogP contribution >= 0.6 is 15.1 Å². The Morgan fingerprint density at radius 2 is 0.909 bits per heavy atom. The van der Waals surface area contributed by atoms with Gasteiger partial charge in [-0.25, -0.2) is 0 Å². The number of hydrogen-bond acceptors (Lipinski definition) is 0. The maximum absolute atomic E-state index is 10.7. The molecule has 0 atom stereocenters. The third kappa shape index (κ3) is 22.7. The van der Waals surface area contributed by atoms with Crippen LogP contribution in [0.5, 0.6) is 0 Å². The summed E-state index contributed by atoms with van der Waals surface area (Å²) in [4.78, 5) is 0. The van der Waals surface area contributed by atoms with Crippen LogP contribution < -0.4 is 0 Å². The van der Waals surface area contributed by atoms with Gasteiger partial charge in [0.05, 0.1) is 24.6 Å². The Labute approximate surface area is 132 Å². The summed E-state index contributed by atoms with van der Waals surface area (Å²) in [5.74, 6) is 0. The van der Waals surface area contributed by atoms with Crippen molar-refractivity contribution in [2.45, 2.75) is 66.2 Å². The molecule has 0 fully saturated rings. The fraction of sp³-hybridized carbons (Fsp3) is 1.00. The topological polar surface area (TPSA) is 0 Å². The van der Waals surface area contributed by atoms with E-state index in [4.69, 9.17) is 0 Å². The molecule has 0 aliphatic rings. The summed E-state index contributed by atoms with van der Waals surface area (Å²) in [5.41, 5.74) is 0. The van der Waals surface area contributed by atoms with E-state index in [9.17, 15) is 25.2 Å². The van der Waals surface area contributed by atoms with Crippen LogP contribution in [0.25, 0.3) is 0 Å². The van der Waals surface area contributed by atoms with Gasteiger partial charge in [-0.2, -0.15) is 0 Å². The summed E-state index contributed by atoms with van der Waals surface area (Å²) < 4.78 is 59.2. The van der Waals surface area contributed by atoms with Gasteiger partial charge in [0.2, 0.25) is 0 Å². The third-order valence-electron chi connectivity index (χ3n) is 4.00. The van der Waals surface area contributed by atoms with Gasteiger partial charge in [0, 0.05) is 7.26 Å². The van der Waals surface area contributed by atoms with Gasteiger partial charge in [0.1, 0.15) is 0 Å². The van der Waals surface area contributed by atoms with Crippen molar-refractivity contribution in [2.24, 2.45) is 0 Å². The zero-order chi connectivity index (χ0) is 18.0. The quantitative estimate of drug-likeness (QED) is 0.203. The van der Waals surface area contributed by atoms with E-state index in [2.05, 4.69) is 27.7 Å². The van der Waals surface area contributed by atoms with Gasteiger partial charge in [-0.05, 0) is 33.6 Å². The first-order chi connectivity index (χ1) is 9.69. The molecule has 0 radical (unpaired) electrons. The van der Waals surface area contributed by atoms with Gasteiger partial charge in [-0.15, -0.1) is 0 Å². The minimum absolute atomic E-state index is 0.494. The molecule has 0 amide bonds. The van der Waals surface area contributed by atoms with Gasteiger partial charge in [0.25, 0.3) is 0 Å². The van der Waals surface area contributed by atoms with E-state index < -0.39 is 15.1 Å². The molecule has 0 rings (SSSR count). The second-order valence-corrected chi connectivity index (χ2v) is 12.7. The van der Waals surface area contributed by atoms with E-state index in [1.165, 1.54) is 57.0 Å². The fourth-order valence-corrected chi connectivity index (χ4v) is 5.56. The Morgan fingerprint density at radius 1 is 0.591 bits per heavy atom. The summed E-state index contributed by atoms with van der Waals surface area (Å²) in [6.45, 7) is 9.54. The normalized spacial score (nSPS) is 15.5. The summed E-state index contributed by atoms with van der Waals surface area (Å²) in [6.07, 6.45) is 14.8. The van der Waals surface area contributed by atoms with Crippen molar-refractivity contribution in [1.82, 2.24) is 0 Å². The summed E-state index contributed by atoms with van der Waals surface area (Å²) in [7, 11) is -11.2. The zero-order valence-corrected chi connectivity index (χ0v) is 16.0. The molecule has 0 aromatic heterocycles. The molecule has 0 saturated carbocycles. The van der Waals surface area contributed by atoms with Crippen LogP contribution in [0.4, 0.5) is 25.2 Å². The number of rotatable bonds is 10. The first-order valence-electron chi connectivity index (χ1n) is 8.11. The minimum atomic E-state index is -10.7. The number of halogens is 6. The van der Waals surface area contributed by atoms with E-state index in [-0.39, 0.29) is 0 Å². The van der Waals surface area contributed by atoms with E-state index in [0.717, 1.165) is 0 Å². The molecule has 0 aliphatic heterocycles. The second-order valence-electron chi connectivity index (χ2n) is 5.74. The molecular weight excluding hydrogens is 344 g/mol. The van der Waals surface area contributed by atoms with Crippen LogP contribution in [-0.4, -0.2) is 24.6 Å². The second kappa shape index (κ2) is 9.06. The molecule has 8 heteroatoms. The molecule has 140 valence electrons. The van der Waals surface area contributed by atoms with Crippen molar-refractivity contribution in [3.8, 4) is 0 Å². The van der Waals surface area contributed by atoms with Crippen LogP contribution in [0.3, 0.4) is 0 Å². The average molecular weight is 376 g/mol. The molecule has 0 heterocycles. The number of unbranched alkanes of at least 4 members (excludes halogenated alkanes) is 5. The Morgan fingerprint density at radius 3 is 1.23 bits per heavy atom. The Balaban J connectivity index is 0. The molecule has 0 aliphatic carbocycles. The van der Waals surface area contributed by atoms with Crippen LogP contribution in [0.1, 0.15) is 66.2 Å².